The van der Waals surface area contributed by atoms with Gasteiger partial charge in [-0.3, -0.25) is 4.79 Å². The maximum Gasteiger partial charge on any atom is 0.158 e. The monoisotopic (exact) mass is 278 g/mol. The Labute approximate surface area is 123 Å². The van der Waals surface area contributed by atoms with Gasteiger partial charge in [-0.15, -0.1) is 0 Å². The van der Waals surface area contributed by atoms with Gasteiger partial charge < -0.3 is 4.74 Å². The van der Waals surface area contributed by atoms with Crippen LogP contribution in [0.25, 0.3) is 0 Å². The maximum atomic E-state index is 11.8. The average molecular weight is 278 g/mol. The molecule has 2 aliphatic carbocycles. The molecule has 0 spiro atoms. The molecular formula is C18H30O2. The topological polar surface area (TPSA) is 26.3 Å². The zero-order valence-electron chi connectivity index (χ0n) is 13.8. The van der Waals surface area contributed by atoms with Crippen molar-refractivity contribution >= 4 is 5.78 Å². The SMILES string of the molecule is CC(=O)[C@H]1C[C@@H]2[C@@]3(C)CCCC(C)(C)[C@@H]3CC[C@]2(C)O1. The van der Waals surface area contributed by atoms with Gasteiger partial charge in [0.2, 0.25) is 0 Å². The molecule has 3 rings (SSSR count). The van der Waals surface area contributed by atoms with E-state index in [9.17, 15) is 4.79 Å². The van der Waals surface area contributed by atoms with Crippen molar-refractivity contribution in [3.63, 3.8) is 0 Å². The van der Waals surface area contributed by atoms with Crippen LogP contribution in [0.15, 0.2) is 0 Å². The molecule has 5 atom stereocenters. The second kappa shape index (κ2) is 4.32. The van der Waals surface area contributed by atoms with Crippen LogP contribution in [0.4, 0.5) is 0 Å². The molecule has 2 saturated carbocycles. The molecule has 0 unspecified atom stereocenters. The number of Topliss-reactive ketones (excluding diaryl/α,β-unsaturated/α-hetero) is 1. The molecule has 114 valence electrons. The lowest BCUT2D eigenvalue weighted by molar-refractivity contribution is -0.160. The molecule has 20 heavy (non-hydrogen) atoms. The third-order valence-electron chi connectivity index (χ3n) is 7.05. The average Bonchev–Trinajstić information content (AvgIpc) is 2.67. The van der Waals surface area contributed by atoms with Crippen LogP contribution in [0.5, 0.6) is 0 Å². The lowest BCUT2D eigenvalue weighted by Crippen LogP contribution is -2.55. The zero-order chi connectivity index (χ0) is 14.8. The van der Waals surface area contributed by atoms with Crippen LogP contribution in [0.3, 0.4) is 0 Å². The Morgan fingerprint density at radius 3 is 2.40 bits per heavy atom. The number of carbonyl (C=O) groups is 1. The van der Waals surface area contributed by atoms with Crippen LogP contribution < -0.4 is 0 Å². The number of rotatable bonds is 1. The summed E-state index contributed by atoms with van der Waals surface area (Å²) in [5.74, 6) is 1.56. The predicted octanol–water partition coefficient (Wildman–Crippen LogP) is 4.37. The Balaban J connectivity index is 1.95. The third-order valence-corrected chi connectivity index (χ3v) is 7.05. The summed E-state index contributed by atoms with van der Waals surface area (Å²) < 4.78 is 6.25. The molecular weight excluding hydrogens is 248 g/mol. The van der Waals surface area contributed by atoms with Crippen LogP contribution >= 0.6 is 0 Å². The molecule has 1 heterocycles. The van der Waals surface area contributed by atoms with Crippen molar-refractivity contribution in [3.05, 3.63) is 0 Å². The van der Waals surface area contributed by atoms with Crippen LogP contribution in [-0.4, -0.2) is 17.5 Å². The normalized spacial score (nSPS) is 50.4. The summed E-state index contributed by atoms with van der Waals surface area (Å²) in [6, 6.07) is 0. The van der Waals surface area contributed by atoms with Gasteiger partial charge >= 0.3 is 0 Å². The molecule has 1 saturated heterocycles. The van der Waals surface area contributed by atoms with Crippen LogP contribution in [-0.2, 0) is 9.53 Å². The minimum absolute atomic E-state index is 0.0605. The van der Waals surface area contributed by atoms with Crippen molar-refractivity contribution < 1.29 is 9.53 Å². The van der Waals surface area contributed by atoms with Crippen LogP contribution in [0.2, 0.25) is 0 Å². The first-order valence-electron chi connectivity index (χ1n) is 8.37. The summed E-state index contributed by atoms with van der Waals surface area (Å²) >= 11 is 0. The van der Waals surface area contributed by atoms with Crippen molar-refractivity contribution in [3.8, 4) is 0 Å². The van der Waals surface area contributed by atoms with Crippen molar-refractivity contribution in [1.29, 1.82) is 0 Å². The van der Waals surface area contributed by atoms with Gasteiger partial charge in [0.15, 0.2) is 5.78 Å². The molecule has 1 aliphatic heterocycles. The number of hydrogen-bond donors (Lipinski definition) is 0. The molecule has 2 heteroatoms. The van der Waals surface area contributed by atoms with E-state index >= 15 is 0 Å². The lowest BCUT2D eigenvalue weighted by Gasteiger charge is -2.60. The van der Waals surface area contributed by atoms with E-state index in [0.717, 1.165) is 18.8 Å². The fraction of sp³-hybridized carbons (Fsp3) is 0.944. The molecule has 0 aromatic carbocycles. The van der Waals surface area contributed by atoms with E-state index in [2.05, 4.69) is 27.7 Å². The Bertz CT molecular complexity index is 427. The Morgan fingerprint density at radius 2 is 1.75 bits per heavy atom. The lowest BCUT2D eigenvalue weighted by atomic mass is 9.45. The minimum Gasteiger partial charge on any atom is -0.364 e. The van der Waals surface area contributed by atoms with Crippen molar-refractivity contribution in [1.82, 2.24) is 0 Å². The maximum absolute atomic E-state index is 11.8. The van der Waals surface area contributed by atoms with E-state index < -0.39 is 0 Å². The molecule has 0 bridgehead atoms. The van der Waals surface area contributed by atoms with Crippen molar-refractivity contribution in [2.45, 2.75) is 84.8 Å². The Kier molecular flexibility index (Phi) is 3.14. The van der Waals surface area contributed by atoms with Crippen LogP contribution in [0.1, 0.15) is 73.1 Å². The standard InChI is InChI=1S/C18H30O2/c1-12(19)13-11-15-17(4)9-6-8-16(2,3)14(17)7-10-18(15,5)20-13/h13-15H,6-11H2,1-5H3/t13-,14+,15-,17+,18+/m1/s1. The van der Waals surface area contributed by atoms with E-state index in [1.807, 2.05) is 0 Å². The molecule has 0 aromatic rings. The summed E-state index contributed by atoms with van der Waals surface area (Å²) in [7, 11) is 0. The van der Waals surface area contributed by atoms with E-state index in [-0.39, 0.29) is 17.5 Å². The van der Waals surface area contributed by atoms with E-state index in [1.54, 1.807) is 6.92 Å². The highest BCUT2D eigenvalue weighted by atomic mass is 16.5. The highest BCUT2D eigenvalue weighted by Crippen LogP contribution is 2.65. The fourth-order valence-corrected chi connectivity index (χ4v) is 6.10. The molecule has 3 aliphatic rings. The predicted molar refractivity (Wildman–Crippen MR) is 80.5 cm³/mol. The second-order valence-electron chi connectivity index (χ2n) is 8.76. The number of hydrogen-bond acceptors (Lipinski definition) is 2. The fourth-order valence-electron chi connectivity index (χ4n) is 6.10. The van der Waals surface area contributed by atoms with E-state index in [4.69, 9.17) is 4.74 Å². The van der Waals surface area contributed by atoms with Gasteiger partial charge in [-0.25, -0.2) is 0 Å². The minimum atomic E-state index is -0.148. The number of ether oxygens (including phenoxy) is 1. The van der Waals surface area contributed by atoms with E-state index in [0.29, 0.717) is 16.7 Å². The quantitative estimate of drug-likeness (QED) is 0.712. The molecule has 0 N–H and O–H groups in total. The summed E-state index contributed by atoms with van der Waals surface area (Å²) in [5, 5.41) is 0. The molecule has 0 aromatic heterocycles. The zero-order valence-corrected chi connectivity index (χ0v) is 13.8. The number of ketones is 1. The highest BCUT2D eigenvalue weighted by Gasteiger charge is 2.62. The van der Waals surface area contributed by atoms with Gasteiger partial charge in [0, 0.05) is 0 Å². The summed E-state index contributed by atoms with van der Waals surface area (Å²) in [6.07, 6.45) is 7.20. The highest BCUT2D eigenvalue weighted by molar-refractivity contribution is 5.80. The van der Waals surface area contributed by atoms with Gasteiger partial charge in [-0.2, -0.15) is 0 Å². The Morgan fingerprint density at radius 1 is 1.05 bits per heavy atom. The molecule has 3 fully saturated rings. The second-order valence-corrected chi connectivity index (χ2v) is 8.76. The molecule has 0 amide bonds. The Hall–Kier alpha value is -0.370. The first-order chi connectivity index (χ1) is 9.19. The first-order valence-corrected chi connectivity index (χ1v) is 8.37. The largest absolute Gasteiger partial charge is 0.364 e. The van der Waals surface area contributed by atoms with Gasteiger partial charge in [0.1, 0.15) is 6.10 Å². The van der Waals surface area contributed by atoms with Crippen LogP contribution in [0, 0.1) is 22.7 Å². The van der Waals surface area contributed by atoms with Crippen molar-refractivity contribution in [2.24, 2.45) is 22.7 Å². The third kappa shape index (κ3) is 1.90. The van der Waals surface area contributed by atoms with Crippen molar-refractivity contribution in [2.75, 3.05) is 0 Å². The molecule has 2 nitrogen and oxygen atoms in total. The van der Waals surface area contributed by atoms with E-state index in [1.165, 1.54) is 25.7 Å². The van der Waals surface area contributed by atoms with Gasteiger partial charge in [-0.1, -0.05) is 27.2 Å². The summed E-state index contributed by atoms with van der Waals surface area (Å²) in [5.41, 5.74) is 0.747. The number of carbonyl (C=O) groups excluding carboxylic acids is 1. The summed E-state index contributed by atoms with van der Waals surface area (Å²) in [4.78, 5) is 11.8. The van der Waals surface area contributed by atoms with Gasteiger partial charge in [0.25, 0.3) is 0 Å². The van der Waals surface area contributed by atoms with Gasteiger partial charge in [0.05, 0.1) is 5.60 Å². The van der Waals surface area contributed by atoms with Gasteiger partial charge in [-0.05, 0) is 68.6 Å². The first kappa shape index (κ1) is 14.6. The number of fused-ring (bicyclic) bond motifs is 3. The molecule has 0 radical (unpaired) electrons. The smallest absolute Gasteiger partial charge is 0.158 e. The summed E-state index contributed by atoms with van der Waals surface area (Å²) in [6.45, 7) is 11.4.